The molecule has 1 aromatic heterocycles. The zero-order valence-electron chi connectivity index (χ0n) is 8.58. The van der Waals surface area contributed by atoms with Gasteiger partial charge in [0.1, 0.15) is 0 Å². The first-order chi connectivity index (χ1) is 6.15. The fourth-order valence-corrected chi connectivity index (χ4v) is 1.35. The number of nitrogens with two attached hydrogens (primary N) is 1. The van der Waals surface area contributed by atoms with Crippen LogP contribution in [0.4, 0.5) is 5.69 Å². The van der Waals surface area contributed by atoms with Crippen molar-refractivity contribution in [3.05, 3.63) is 18.0 Å². The van der Waals surface area contributed by atoms with E-state index in [1.54, 1.807) is 7.11 Å². The molecule has 0 saturated heterocycles. The molecule has 0 bridgehead atoms. The summed E-state index contributed by atoms with van der Waals surface area (Å²) in [4.78, 5) is 0. The minimum atomic E-state index is 0.490. The second-order valence-corrected chi connectivity index (χ2v) is 3.55. The average molecular weight is 182 g/mol. The minimum absolute atomic E-state index is 0.490. The van der Waals surface area contributed by atoms with Crippen molar-refractivity contribution in [1.82, 2.24) is 4.57 Å². The van der Waals surface area contributed by atoms with E-state index in [2.05, 4.69) is 24.6 Å². The van der Waals surface area contributed by atoms with E-state index in [4.69, 9.17) is 10.5 Å². The zero-order chi connectivity index (χ0) is 9.84. The predicted octanol–water partition coefficient (Wildman–Crippen LogP) is 1.84. The zero-order valence-corrected chi connectivity index (χ0v) is 8.58. The van der Waals surface area contributed by atoms with Gasteiger partial charge in [0.2, 0.25) is 0 Å². The van der Waals surface area contributed by atoms with Crippen LogP contribution in [-0.4, -0.2) is 18.3 Å². The summed E-state index contributed by atoms with van der Waals surface area (Å²) < 4.78 is 7.07. The Hall–Kier alpha value is -0.960. The highest BCUT2D eigenvalue weighted by molar-refractivity contribution is 5.46. The maximum atomic E-state index is 5.85. The van der Waals surface area contributed by atoms with E-state index in [9.17, 15) is 0 Å². The molecule has 0 aliphatic heterocycles. The fourth-order valence-electron chi connectivity index (χ4n) is 1.35. The van der Waals surface area contributed by atoms with Gasteiger partial charge in [-0.3, -0.25) is 0 Å². The van der Waals surface area contributed by atoms with Crippen molar-refractivity contribution in [3.8, 4) is 0 Å². The van der Waals surface area contributed by atoms with Gasteiger partial charge in [-0.2, -0.15) is 0 Å². The van der Waals surface area contributed by atoms with Gasteiger partial charge >= 0.3 is 0 Å². The molecule has 0 radical (unpaired) electrons. The van der Waals surface area contributed by atoms with Gasteiger partial charge in [-0.15, -0.1) is 0 Å². The van der Waals surface area contributed by atoms with Crippen molar-refractivity contribution in [2.45, 2.75) is 26.3 Å². The SMILES string of the molecule is COCCn1cc(N)c(C(C)C)c1. The molecule has 0 fully saturated rings. The number of nitrogen functional groups attached to an aromatic ring is 1. The maximum Gasteiger partial charge on any atom is 0.0641 e. The van der Waals surface area contributed by atoms with Crippen molar-refractivity contribution in [2.24, 2.45) is 0 Å². The molecule has 0 spiro atoms. The van der Waals surface area contributed by atoms with Crippen LogP contribution in [0.25, 0.3) is 0 Å². The molecule has 13 heavy (non-hydrogen) atoms. The standard InChI is InChI=1S/C10H18N2O/c1-8(2)9-6-12(4-5-13-3)7-10(9)11/h6-8H,4-5,11H2,1-3H3. The molecule has 74 valence electrons. The summed E-state index contributed by atoms with van der Waals surface area (Å²) in [5.41, 5.74) is 7.95. The Morgan fingerprint density at radius 3 is 2.62 bits per heavy atom. The topological polar surface area (TPSA) is 40.2 Å². The lowest BCUT2D eigenvalue weighted by molar-refractivity contribution is 0.187. The number of hydrogen-bond donors (Lipinski definition) is 1. The van der Waals surface area contributed by atoms with E-state index in [0.717, 1.165) is 18.8 Å². The van der Waals surface area contributed by atoms with Gasteiger partial charge in [-0.25, -0.2) is 0 Å². The molecule has 0 aliphatic carbocycles. The smallest absolute Gasteiger partial charge is 0.0641 e. The van der Waals surface area contributed by atoms with Crippen LogP contribution in [-0.2, 0) is 11.3 Å². The van der Waals surface area contributed by atoms with Crippen molar-refractivity contribution in [1.29, 1.82) is 0 Å². The number of aromatic nitrogens is 1. The maximum absolute atomic E-state index is 5.85. The van der Waals surface area contributed by atoms with Crippen LogP contribution in [0.15, 0.2) is 12.4 Å². The van der Waals surface area contributed by atoms with Crippen LogP contribution in [0.1, 0.15) is 25.3 Å². The number of hydrogen-bond acceptors (Lipinski definition) is 2. The van der Waals surface area contributed by atoms with Crippen molar-refractivity contribution >= 4 is 5.69 Å². The quantitative estimate of drug-likeness (QED) is 0.771. The molecule has 1 heterocycles. The summed E-state index contributed by atoms with van der Waals surface area (Å²) in [6, 6.07) is 0. The Morgan fingerprint density at radius 1 is 1.46 bits per heavy atom. The van der Waals surface area contributed by atoms with Gasteiger partial charge < -0.3 is 15.0 Å². The Labute approximate surface area is 79.5 Å². The summed E-state index contributed by atoms with van der Waals surface area (Å²) >= 11 is 0. The molecule has 3 nitrogen and oxygen atoms in total. The van der Waals surface area contributed by atoms with E-state index >= 15 is 0 Å². The fraction of sp³-hybridized carbons (Fsp3) is 0.600. The van der Waals surface area contributed by atoms with E-state index < -0.39 is 0 Å². The van der Waals surface area contributed by atoms with Gasteiger partial charge in [0.25, 0.3) is 0 Å². The molecule has 0 aromatic carbocycles. The summed E-state index contributed by atoms with van der Waals surface area (Å²) in [6.45, 7) is 5.89. The summed E-state index contributed by atoms with van der Waals surface area (Å²) in [6.07, 6.45) is 4.06. The van der Waals surface area contributed by atoms with Crippen LogP contribution in [0.3, 0.4) is 0 Å². The largest absolute Gasteiger partial charge is 0.397 e. The highest BCUT2D eigenvalue weighted by atomic mass is 16.5. The molecule has 1 rings (SSSR count). The molecule has 0 amide bonds. The summed E-state index contributed by atoms with van der Waals surface area (Å²) in [5, 5.41) is 0. The third kappa shape index (κ3) is 2.49. The second-order valence-electron chi connectivity index (χ2n) is 3.55. The van der Waals surface area contributed by atoms with Gasteiger partial charge in [0, 0.05) is 26.0 Å². The Kier molecular flexibility index (Phi) is 3.37. The average Bonchev–Trinajstić information content (AvgIpc) is 2.43. The summed E-state index contributed by atoms with van der Waals surface area (Å²) in [5.74, 6) is 0.490. The van der Waals surface area contributed by atoms with Crippen molar-refractivity contribution < 1.29 is 4.74 Å². The van der Waals surface area contributed by atoms with Crippen LogP contribution in [0, 0.1) is 0 Å². The van der Waals surface area contributed by atoms with E-state index in [-0.39, 0.29) is 0 Å². The molecule has 0 unspecified atom stereocenters. The normalized spacial score (nSPS) is 11.1. The van der Waals surface area contributed by atoms with Gasteiger partial charge in [-0.05, 0) is 11.5 Å². The predicted molar refractivity (Wildman–Crippen MR) is 54.8 cm³/mol. The van der Waals surface area contributed by atoms with E-state index in [1.165, 1.54) is 5.56 Å². The highest BCUT2D eigenvalue weighted by Gasteiger charge is 2.06. The number of rotatable bonds is 4. The molecule has 2 N–H and O–H groups in total. The molecule has 0 atom stereocenters. The highest BCUT2D eigenvalue weighted by Crippen LogP contribution is 2.22. The van der Waals surface area contributed by atoms with E-state index in [0.29, 0.717) is 5.92 Å². The Balaban J connectivity index is 2.71. The number of nitrogens with zero attached hydrogens (tertiary/aromatic N) is 1. The van der Waals surface area contributed by atoms with Crippen LogP contribution in [0.5, 0.6) is 0 Å². The lowest BCUT2D eigenvalue weighted by atomic mass is 10.1. The van der Waals surface area contributed by atoms with Crippen molar-refractivity contribution in [3.63, 3.8) is 0 Å². The lowest BCUT2D eigenvalue weighted by Gasteiger charge is -2.02. The molecule has 0 saturated carbocycles. The third-order valence-electron chi connectivity index (χ3n) is 2.12. The molecular weight excluding hydrogens is 164 g/mol. The van der Waals surface area contributed by atoms with Crippen LogP contribution < -0.4 is 5.73 Å². The van der Waals surface area contributed by atoms with Gasteiger partial charge in [0.05, 0.1) is 12.3 Å². The van der Waals surface area contributed by atoms with E-state index in [1.807, 2.05) is 6.20 Å². The first-order valence-corrected chi connectivity index (χ1v) is 4.59. The number of ether oxygens (including phenoxy) is 1. The van der Waals surface area contributed by atoms with Crippen LogP contribution >= 0.6 is 0 Å². The Morgan fingerprint density at radius 2 is 2.15 bits per heavy atom. The first kappa shape index (κ1) is 10.1. The second kappa shape index (κ2) is 4.33. The van der Waals surface area contributed by atoms with Gasteiger partial charge in [-0.1, -0.05) is 13.8 Å². The molecule has 1 aromatic rings. The third-order valence-corrected chi connectivity index (χ3v) is 2.12. The lowest BCUT2D eigenvalue weighted by Crippen LogP contribution is -2.01. The van der Waals surface area contributed by atoms with Crippen molar-refractivity contribution in [2.75, 3.05) is 19.5 Å². The molecular formula is C10H18N2O. The number of anilines is 1. The summed E-state index contributed by atoms with van der Waals surface area (Å²) in [7, 11) is 1.70. The Bertz CT molecular complexity index is 266. The first-order valence-electron chi connectivity index (χ1n) is 4.59. The van der Waals surface area contributed by atoms with Gasteiger partial charge in [0.15, 0.2) is 0 Å². The monoisotopic (exact) mass is 182 g/mol. The molecule has 0 aliphatic rings. The van der Waals surface area contributed by atoms with Crippen LogP contribution in [0.2, 0.25) is 0 Å². The minimum Gasteiger partial charge on any atom is -0.397 e. The molecule has 3 heteroatoms. The number of methoxy groups -OCH3 is 1.